The maximum absolute atomic E-state index is 12.6. The van der Waals surface area contributed by atoms with Crippen molar-refractivity contribution in [3.8, 4) is 0 Å². The normalized spacial score (nSPS) is 9.77. The van der Waals surface area contributed by atoms with Gasteiger partial charge in [0.2, 0.25) is 5.91 Å². The molecule has 0 radical (unpaired) electrons. The monoisotopic (exact) mass is 309 g/mol. The van der Waals surface area contributed by atoms with Crippen LogP contribution in [0, 0.1) is 5.82 Å². The van der Waals surface area contributed by atoms with Gasteiger partial charge in [-0.2, -0.15) is 0 Å². The molecule has 0 aliphatic rings. The van der Waals surface area contributed by atoms with Gasteiger partial charge in [0.25, 0.3) is 0 Å². The molecular weight excluding hydrogens is 305 g/mol. The van der Waals surface area contributed by atoms with Gasteiger partial charge in [-0.3, -0.25) is 4.79 Å². The van der Waals surface area contributed by atoms with E-state index in [1.54, 1.807) is 0 Å². The molecule has 0 spiro atoms. The van der Waals surface area contributed by atoms with Crippen LogP contribution in [-0.4, -0.2) is 11.2 Å². The first kappa shape index (κ1) is 10.7. The van der Waals surface area contributed by atoms with Crippen molar-refractivity contribution in [2.75, 3.05) is 10.6 Å². The lowest BCUT2D eigenvalue weighted by atomic mass is 10.3. The van der Waals surface area contributed by atoms with Gasteiger partial charge >= 0.3 is 0 Å². The van der Waals surface area contributed by atoms with Crippen LogP contribution in [0.25, 0.3) is 0 Å². The molecule has 5 heteroatoms. The first-order valence-electron chi connectivity index (χ1n) is 3.44. The quantitative estimate of drug-likeness (QED) is 0.836. The summed E-state index contributed by atoms with van der Waals surface area (Å²) in [5, 5.41) is 2.81. The number of carbonyl (C=O) groups is 1. The molecule has 0 fully saturated rings. The summed E-state index contributed by atoms with van der Waals surface area (Å²) >= 11 is 6.14. The number of rotatable bonds is 2. The molecule has 0 bridgehead atoms. The predicted molar refractivity (Wildman–Crippen MR) is 56.5 cm³/mol. The molecule has 0 aromatic heterocycles. The first-order chi connectivity index (χ1) is 6.13. The van der Waals surface area contributed by atoms with Crippen LogP contribution in [0.1, 0.15) is 0 Å². The molecule has 1 amide bonds. The molecule has 0 aliphatic heterocycles. The summed E-state index contributed by atoms with van der Waals surface area (Å²) in [6.07, 6.45) is 0. The van der Waals surface area contributed by atoms with Crippen LogP contribution >= 0.6 is 31.9 Å². The van der Waals surface area contributed by atoms with Crippen molar-refractivity contribution >= 4 is 43.5 Å². The average Bonchev–Trinajstić information content (AvgIpc) is 2.09. The van der Waals surface area contributed by atoms with E-state index >= 15 is 0 Å². The summed E-state index contributed by atoms with van der Waals surface area (Å²) in [6, 6.07) is 4.08. The van der Waals surface area contributed by atoms with Crippen molar-refractivity contribution in [2.24, 2.45) is 0 Å². The minimum absolute atomic E-state index is 0.174. The number of nitrogens with one attached hydrogen (secondary N) is 1. The van der Waals surface area contributed by atoms with Crippen molar-refractivity contribution in [3.63, 3.8) is 0 Å². The van der Waals surface area contributed by atoms with Crippen LogP contribution in [0.2, 0.25) is 0 Å². The topological polar surface area (TPSA) is 29.1 Å². The Labute approximate surface area is 91.8 Å². The van der Waals surface area contributed by atoms with Crippen LogP contribution in [0.15, 0.2) is 22.7 Å². The van der Waals surface area contributed by atoms with Crippen LogP contribution in [0.5, 0.6) is 0 Å². The summed E-state index contributed by atoms with van der Waals surface area (Å²) in [7, 11) is 0. The van der Waals surface area contributed by atoms with E-state index in [-0.39, 0.29) is 17.1 Å². The van der Waals surface area contributed by atoms with Crippen molar-refractivity contribution in [1.82, 2.24) is 0 Å². The fourth-order valence-electron chi connectivity index (χ4n) is 0.774. The zero-order chi connectivity index (χ0) is 9.84. The third-order valence-corrected chi connectivity index (χ3v) is 2.49. The minimum Gasteiger partial charge on any atom is -0.324 e. The van der Waals surface area contributed by atoms with Crippen LogP contribution in [0.3, 0.4) is 0 Å². The smallest absolute Gasteiger partial charge is 0.235 e. The predicted octanol–water partition coefficient (Wildman–Crippen LogP) is 2.92. The highest BCUT2D eigenvalue weighted by Gasteiger charge is 2.04. The molecule has 1 N–H and O–H groups in total. The molecule has 70 valence electrons. The first-order valence-corrected chi connectivity index (χ1v) is 5.36. The number of amides is 1. The largest absolute Gasteiger partial charge is 0.324 e. The van der Waals surface area contributed by atoms with Gasteiger partial charge in [-0.05, 0) is 34.1 Å². The molecule has 0 unspecified atom stereocenters. The van der Waals surface area contributed by atoms with E-state index in [0.717, 1.165) is 0 Å². The molecule has 1 aromatic carbocycles. The van der Waals surface area contributed by atoms with E-state index in [1.165, 1.54) is 18.2 Å². The molecule has 1 rings (SSSR count). The molecular formula is C8H6Br2FNO. The number of halogens is 3. The van der Waals surface area contributed by atoms with Gasteiger partial charge in [0.15, 0.2) is 0 Å². The maximum Gasteiger partial charge on any atom is 0.235 e. The second-order valence-electron chi connectivity index (χ2n) is 2.31. The van der Waals surface area contributed by atoms with Crippen molar-refractivity contribution in [1.29, 1.82) is 0 Å². The lowest BCUT2D eigenvalue weighted by molar-refractivity contribution is -0.113. The molecule has 0 heterocycles. The number of hydrogen-bond acceptors (Lipinski definition) is 1. The molecule has 0 saturated carbocycles. The average molecular weight is 311 g/mol. The molecule has 0 atom stereocenters. The van der Waals surface area contributed by atoms with Crippen molar-refractivity contribution < 1.29 is 9.18 Å². The highest BCUT2D eigenvalue weighted by Crippen LogP contribution is 2.22. The van der Waals surface area contributed by atoms with Gasteiger partial charge in [0.05, 0.1) is 11.0 Å². The highest BCUT2D eigenvalue weighted by molar-refractivity contribution is 9.10. The van der Waals surface area contributed by atoms with E-state index in [0.29, 0.717) is 10.2 Å². The SMILES string of the molecule is O=C(CBr)Nc1ccc(F)cc1Br. The Morgan fingerprint density at radius 3 is 2.77 bits per heavy atom. The Bertz CT molecular complexity index is 330. The summed E-state index contributed by atoms with van der Waals surface area (Å²) in [5.41, 5.74) is 0.561. The third kappa shape index (κ3) is 3.08. The Balaban J connectivity index is 2.83. The second-order valence-corrected chi connectivity index (χ2v) is 3.72. The van der Waals surface area contributed by atoms with E-state index in [4.69, 9.17) is 0 Å². The van der Waals surface area contributed by atoms with Crippen molar-refractivity contribution in [2.45, 2.75) is 0 Å². The molecule has 1 aromatic rings. The third-order valence-electron chi connectivity index (χ3n) is 1.33. The Morgan fingerprint density at radius 1 is 1.54 bits per heavy atom. The number of anilines is 1. The summed E-state index contributed by atoms with van der Waals surface area (Å²) < 4.78 is 13.1. The second kappa shape index (κ2) is 4.72. The minimum atomic E-state index is -0.344. The van der Waals surface area contributed by atoms with Gasteiger partial charge < -0.3 is 5.32 Å². The Morgan fingerprint density at radius 2 is 2.23 bits per heavy atom. The molecule has 0 saturated heterocycles. The zero-order valence-electron chi connectivity index (χ0n) is 6.48. The van der Waals surface area contributed by atoms with Gasteiger partial charge in [-0.25, -0.2) is 4.39 Å². The standard InChI is InChI=1S/C8H6Br2FNO/c9-4-8(13)12-7-2-1-5(11)3-6(7)10/h1-3H,4H2,(H,12,13). The van der Waals surface area contributed by atoms with Gasteiger partial charge in [-0.15, -0.1) is 0 Å². The van der Waals surface area contributed by atoms with Gasteiger partial charge in [-0.1, -0.05) is 15.9 Å². The van der Waals surface area contributed by atoms with Crippen LogP contribution in [0.4, 0.5) is 10.1 Å². The number of alkyl halides is 1. The van der Waals surface area contributed by atoms with Crippen molar-refractivity contribution in [3.05, 3.63) is 28.5 Å². The number of benzene rings is 1. The maximum atomic E-state index is 12.6. The number of carbonyl (C=O) groups excluding carboxylic acids is 1. The van der Waals surface area contributed by atoms with Gasteiger partial charge in [0, 0.05) is 4.47 Å². The fourth-order valence-corrected chi connectivity index (χ4v) is 1.36. The van der Waals surface area contributed by atoms with E-state index < -0.39 is 0 Å². The lowest BCUT2D eigenvalue weighted by Crippen LogP contribution is -2.12. The molecule has 13 heavy (non-hydrogen) atoms. The lowest BCUT2D eigenvalue weighted by Gasteiger charge is -2.04. The Hall–Kier alpha value is -0.420. The summed E-state index contributed by atoms with van der Waals surface area (Å²) in [4.78, 5) is 10.9. The van der Waals surface area contributed by atoms with Gasteiger partial charge in [0.1, 0.15) is 5.82 Å². The van der Waals surface area contributed by atoms with Crippen LogP contribution < -0.4 is 5.32 Å². The Kier molecular flexibility index (Phi) is 3.87. The van der Waals surface area contributed by atoms with E-state index in [1.807, 2.05) is 0 Å². The highest BCUT2D eigenvalue weighted by atomic mass is 79.9. The molecule has 0 aliphatic carbocycles. The zero-order valence-corrected chi connectivity index (χ0v) is 9.65. The fraction of sp³-hybridized carbons (Fsp3) is 0.125. The van der Waals surface area contributed by atoms with E-state index in [9.17, 15) is 9.18 Å². The van der Waals surface area contributed by atoms with E-state index in [2.05, 4.69) is 37.2 Å². The van der Waals surface area contributed by atoms with Crippen LogP contribution in [-0.2, 0) is 4.79 Å². The number of hydrogen-bond donors (Lipinski definition) is 1. The summed E-state index contributed by atoms with van der Waals surface area (Å²) in [5.74, 6) is -0.518. The summed E-state index contributed by atoms with van der Waals surface area (Å²) in [6.45, 7) is 0. The molecule has 2 nitrogen and oxygen atoms in total.